The maximum absolute atomic E-state index is 9.24. The summed E-state index contributed by atoms with van der Waals surface area (Å²) >= 11 is 0. The van der Waals surface area contributed by atoms with E-state index in [4.69, 9.17) is 20.7 Å². The number of hydrogen-bond acceptors (Lipinski definition) is 5. The van der Waals surface area contributed by atoms with Crippen LogP contribution in [0.5, 0.6) is 0 Å². The molecule has 5 N–H and O–H groups in total. The fraction of sp³-hybridized carbons (Fsp3) is 1.00. The Kier molecular flexibility index (Phi) is 2.80. The fourth-order valence-electron chi connectivity index (χ4n) is 1.07. The Morgan fingerprint density at radius 2 is 2.09 bits per heavy atom. The monoisotopic (exact) mass is 163 g/mol. The van der Waals surface area contributed by atoms with Crippen molar-refractivity contribution in [1.82, 2.24) is 0 Å². The average molecular weight is 163 g/mol. The zero-order valence-corrected chi connectivity index (χ0v) is 6.05. The van der Waals surface area contributed by atoms with E-state index in [1.165, 1.54) is 0 Å². The molecule has 4 atom stereocenters. The van der Waals surface area contributed by atoms with Crippen LogP contribution in [-0.4, -0.2) is 52.9 Å². The number of hydrogen-bond donors (Lipinski definition) is 4. The van der Waals surface area contributed by atoms with Crippen molar-refractivity contribution in [3.8, 4) is 0 Å². The van der Waals surface area contributed by atoms with Crippen LogP contribution in [0.3, 0.4) is 0 Å². The third-order valence-electron chi connectivity index (χ3n) is 1.88. The summed E-state index contributed by atoms with van der Waals surface area (Å²) in [6.07, 6.45) is -2.48. The molecule has 1 rings (SSSR count). The van der Waals surface area contributed by atoms with Crippen LogP contribution in [0.25, 0.3) is 0 Å². The Hall–Kier alpha value is -0.200. The van der Waals surface area contributed by atoms with Gasteiger partial charge in [-0.25, -0.2) is 0 Å². The Morgan fingerprint density at radius 3 is 2.64 bits per heavy atom. The summed E-state index contributed by atoms with van der Waals surface area (Å²) < 4.78 is 4.89. The van der Waals surface area contributed by atoms with Crippen molar-refractivity contribution in [2.24, 2.45) is 5.73 Å². The molecule has 0 radical (unpaired) electrons. The van der Waals surface area contributed by atoms with Crippen LogP contribution in [0.1, 0.15) is 0 Å². The highest BCUT2D eigenvalue weighted by Crippen LogP contribution is 2.12. The second kappa shape index (κ2) is 3.46. The minimum atomic E-state index is -0.983. The standard InChI is InChI=1S/C6H13NO4/c7-5-3(9)2-11-4(1-8)6(5)10/h3-6,8-10H,1-2,7H2/t3-,4+,5?,6+/m0/s1. The maximum Gasteiger partial charge on any atom is 0.108 e. The number of rotatable bonds is 1. The average Bonchev–Trinajstić information content (AvgIpc) is 2.01. The quantitative estimate of drug-likeness (QED) is 0.340. The second-order valence-corrected chi connectivity index (χ2v) is 2.69. The molecule has 1 heterocycles. The zero-order chi connectivity index (χ0) is 8.43. The van der Waals surface area contributed by atoms with Gasteiger partial charge >= 0.3 is 0 Å². The van der Waals surface area contributed by atoms with Crippen molar-refractivity contribution in [2.75, 3.05) is 13.2 Å². The predicted molar refractivity (Wildman–Crippen MR) is 36.8 cm³/mol. The Balaban J connectivity index is 2.52. The molecule has 1 saturated heterocycles. The molecule has 0 aromatic carbocycles. The number of nitrogens with two attached hydrogens (primary N) is 1. The van der Waals surface area contributed by atoms with Gasteiger partial charge in [-0.3, -0.25) is 0 Å². The van der Waals surface area contributed by atoms with Crippen molar-refractivity contribution in [3.05, 3.63) is 0 Å². The van der Waals surface area contributed by atoms with Gasteiger partial charge in [0.2, 0.25) is 0 Å². The van der Waals surface area contributed by atoms with Crippen molar-refractivity contribution >= 4 is 0 Å². The molecule has 0 aliphatic carbocycles. The fourth-order valence-corrected chi connectivity index (χ4v) is 1.07. The molecule has 1 fully saturated rings. The molecular weight excluding hydrogens is 150 g/mol. The minimum absolute atomic E-state index is 0.0729. The van der Waals surface area contributed by atoms with Gasteiger partial charge in [-0.15, -0.1) is 0 Å². The SMILES string of the molecule is NC1[C@@H](O)CO[C@H](CO)[C@H]1O. The van der Waals surface area contributed by atoms with Gasteiger partial charge in [0, 0.05) is 0 Å². The van der Waals surface area contributed by atoms with Gasteiger partial charge in [0.05, 0.1) is 25.4 Å². The summed E-state index contributed by atoms with van der Waals surface area (Å²) in [5, 5.41) is 27.0. The van der Waals surface area contributed by atoms with E-state index in [2.05, 4.69) is 0 Å². The van der Waals surface area contributed by atoms with E-state index in [9.17, 15) is 5.11 Å². The molecule has 66 valence electrons. The van der Waals surface area contributed by atoms with Crippen LogP contribution in [-0.2, 0) is 4.74 Å². The van der Waals surface area contributed by atoms with E-state index >= 15 is 0 Å². The van der Waals surface area contributed by atoms with Crippen LogP contribution in [0, 0.1) is 0 Å². The molecular formula is C6H13NO4. The van der Waals surface area contributed by atoms with E-state index in [1.807, 2.05) is 0 Å². The summed E-state index contributed by atoms with van der Waals surface area (Å²) in [7, 11) is 0. The van der Waals surface area contributed by atoms with Gasteiger partial charge in [-0.1, -0.05) is 0 Å². The number of aliphatic hydroxyl groups excluding tert-OH is 3. The smallest absolute Gasteiger partial charge is 0.108 e. The predicted octanol–water partition coefficient (Wildman–Crippen LogP) is -2.57. The minimum Gasteiger partial charge on any atom is -0.394 e. The molecule has 0 saturated carbocycles. The molecule has 0 spiro atoms. The topological polar surface area (TPSA) is 95.9 Å². The third kappa shape index (κ3) is 1.69. The first kappa shape index (κ1) is 8.89. The van der Waals surface area contributed by atoms with E-state index < -0.39 is 24.4 Å². The Labute approximate surface area is 64.4 Å². The third-order valence-corrected chi connectivity index (χ3v) is 1.88. The highest BCUT2D eigenvalue weighted by Gasteiger charge is 2.35. The summed E-state index contributed by atoms with van der Waals surface area (Å²) in [5.74, 6) is 0. The largest absolute Gasteiger partial charge is 0.394 e. The first-order valence-electron chi connectivity index (χ1n) is 3.51. The normalized spacial score (nSPS) is 45.8. The van der Waals surface area contributed by atoms with Gasteiger partial charge in [0.1, 0.15) is 12.2 Å². The van der Waals surface area contributed by atoms with Crippen molar-refractivity contribution < 1.29 is 20.1 Å². The molecule has 0 amide bonds. The summed E-state index contributed by atoms with van der Waals surface area (Å²) in [5.41, 5.74) is 5.40. The lowest BCUT2D eigenvalue weighted by atomic mass is 9.99. The molecule has 0 bridgehead atoms. The Morgan fingerprint density at radius 1 is 1.45 bits per heavy atom. The molecule has 0 aromatic heterocycles. The van der Waals surface area contributed by atoms with Crippen LogP contribution in [0.15, 0.2) is 0 Å². The van der Waals surface area contributed by atoms with Crippen LogP contribution < -0.4 is 5.73 Å². The molecule has 5 heteroatoms. The van der Waals surface area contributed by atoms with E-state index in [0.29, 0.717) is 0 Å². The molecule has 11 heavy (non-hydrogen) atoms. The lowest BCUT2D eigenvalue weighted by Gasteiger charge is -2.34. The summed E-state index contributed by atoms with van der Waals surface area (Å²) in [6.45, 7) is -0.203. The van der Waals surface area contributed by atoms with E-state index in [-0.39, 0.29) is 13.2 Å². The number of aliphatic hydroxyl groups is 3. The van der Waals surface area contributed by atoms with E-state index in [0.717, 1.165) is 0 Å². The highest BCUT2D eigenvalue weighted by molar-refractivity contribution is 4.89. The molecule has 0 aromatic rings. The van der Waals surface area contributed by atoms with Gasteiger partial charge in [0.25, 0.3) is 0 Å². The lowest BCUT2D eigenvalue weighted by Crippen LogP contribution is -2.58. The summed E-state index contributed by atoms with van der Waals surface area (Å²) in [4.78, 5) is 0. The second-order valence-electron chi connectivity index (χ2n) is 2.69. The van der Waals surface area contributed by atoms with Crippen molar-refractivity contribution in [2.45, 2.75) is 24.4 Å². The van der Waals surface area contributed by atoms with Crippen molar-refractivity contribution in [3.63, 3.8) is 0 Å². The molecule has 5 nitrogen and oxygen atoms in total. The molecule has 1 aliphatic rings. The zero-order valence-electron chi connectivity index (χ0n) is 6.05. The van der Waals surface area contributed by atoms with Crippen LogP contribution in [0.4, 0.5) is 0 Å². The maximum atomic E-state index is 9.24. The van der Waals surface area contributed by atoms with E-state index in [1.54, 1.807) is 0 Å². The Bertz CT molecular complexity index is 130. The van der Waals surface area contributed by atoms with Crippen molar-refractivity contribution in [1.29, 1.82) is 0 Å². The van der Waals surface area contributed by atoms with Gasteiger partial charge < -0.3 is 25.8 Å². The van der Waals surface area contributed by atoms with Gasteiger partial charge in [-0.2, -0.15) is 0 Å². The van der Waals surface area contributed by atoms with Crippen LogP contribution >= 0.6 is 0 Å². The summed E-state index contributed by atoms with van der Waals surface area (Å²) in [6, 6.07) is -0.721. The van der Waals surface area contributed by atoms with Crippen LogP contribution in [0.2, 0.25) is 0 Å². The first-order chi connectivity index (χ1) is 5.16. The van der Waals surface area contributed by atoms with Gasteiger partial charge in [-0.05, 0) is 0 Å². The first-order valence-corrected chi connectivity index (χ1v) is 3.51. The lowest BCUT2D eigenvalue weighted by molar-refractivity contribution is -0.147. The molecule has 1 unspecified atom stereocenters. The number of ether oxygens (including phenoxy) is 1. The molecule has 1 aliphatic heterocycles. The highest BCUT2D eigenvalue weighted by atomic mass is 16.5. The van der Waals surface area contributed by atoms with Gasteiger partial charge in [0.15, 0.2) is 0 Å².